The second kappa shape index (κ2) is 6.74. The standard InChI is InChI=1S/C18H21NO2/c1-2-20-16-10-8-15(9-11-16)18-13-19-12-17(21-18)14-6-4-3-5-7-14/h3-11,17-19H,2,12-13H2,1H3. The molecule has 2 aromatic rings. The highest BCUT2D eigenvalue weighted by Gasteiger charge is 2.24. The van der Waals surface area contributed by atoms with E-state index in [0.29, 0.717) is 6.61 Å². The van der Waals surface area contributed by atoms with Gasteiger partial charge in [-0.15, -0.1) is 0 Å². The van der Waals surface area contributed by atoms with E-state index in [4.69, 9.17) is 9.47 Å². The number of hydrogen-bond acceptors (Lipinski definition) is 3. The summed E-state index contributed by atoms with van der Waals surface area (Å²) in [6, 6.07) is 18.6. The molecular weight excluding hydrogens is 262 g/mol. The zero-order valence-electron chi connectivity index (χ0n) is 12.3. The smallest absolute Gasteiger partial charge is 0.119 e. The van der Waals surface area contributed by atoms with Crippen molar-refractivity contribution in [2.24, 2.45) is 0 Å². The maximum absolute atomic E-state index is 6.26. The summed E-state index contributed by atoms with van der Waals surface area (Å²) in [5.41, 5.74) is 2.41. The van der Waals surface area contributed by atoms with Crippen molar-refractivity contribution in [2.75, 3.05) is 19.7 Å². The number of hydrogen-bond donors (Lipinski definition) is 1. The summed E-state index contributed by atoms with van der Waals surface area (Å²) >= 11 is 0. The average Bonchev–Trinajstić information content (AvgIpc) is 2.57. The molecule has 2 unspecified atom stereocenters. The van der Waals surface area contributed by atoms with E-state index < -0.39 is 0 Å². The molecule has 1 heterocycles. The van der Waals surface area contributed by atoms with Crippen molar-refractivity contribution < 1.29 is 9.47 Å². The van der Waals surface area contributed by atoms with Crippen LogP contribution in [-0.4, -0.2) is 19.7 Å². The van der Waals surface area contributed by atoms with Gasteiger partial charge in [0, 0.05) is 13.1 Å². The number of ether oxygens (including phenoxy) is 2. The Bertz CT molecular complexity index is 553. The van der Waals surface area contributed by atoms with Crippen LogP contribution in [0.4, 0.5) is 0 Å². The summed E-state index contributed by atoms with van der Waals surface area (Å²) in [5.74, 6) is 0.907. The minimum absolute atomic E-state index is 0.0830. The molecule has 1 aliphatic rings. The normalized spacial score (nSPS) is 22.0. The van der Waals surface area contributed by atoms with Crippen molar-refractivity contribution in [1.82, 2.24) is 5.32 Å². The van der Waals surface area contributed by atoms with Gasteiger partial charge in [-0.3, -0.25) is 0 Å². The van der Waals surface area contributed by atoms with Crippen LogP contribution >= 0.6 is 0 Å². The van der Waals surface area contributed by atoms with Crippen molar-refractivity contribution in [1.29, 1.82) is 0 Å². The number of morpholine rings is 1. The van der Waals surface area contributed by atoms with Crippen LogP contribution in [0.3, 0.4) is 0 Å². The largest absolute Gasteiger partial charge is 0.494 e. The number of rotatable bonds is 4. The molecule has 3 rings (SSSR count). The fraction of sp³-hybridized carbons (Fsp3) is 0.333. The van der Waals surface area contributed by atoms with Crippen LogP contribution in [-0.2, 0) is 4.74 Å². The summed E-state index contributed by atoms with van der Waals surface area (Å²) in [6.45, 7) is 4.39. The third kappa shape index (κ3) is 3.43. The van der Waals surface area contributed by atoms with E-state index in [1.807, 2.05) is 25.1 Å². The molecular formula is C18H21NO2. The van der Waals surface area contributed by atoms with E-state index in [9.17, 15) is 0 Å². The molecule has 21 heavy (non-hydrogen) atoms. The summed E-state index contributed by atoms with van der Waals surface area (Å²) in [7, 11) is 0. The van der Waals surface area contributed by atoms with E-state index >= 15 is 0 Å². The molecule has 3 nitrogen and oxygen atoms in total. The van der Waals surface area contributed by atoms with Crippen LogP contribution in [0, 0.1) is 0 Å². The molecule has 0 amide bonds. The Kier molecular flexibility index (Phi) is 4.53. The molecule has 0 aliphatic carbocycles. The highest BCUT2D eigenvalue weighted by Crippen LogP contribution is 2.30. The summed E-state index contributed by atoms with van der Waals surface area (Å²) in [6.07, 6.45) is 0.191. The molecule has 0 radical (unpaired) electrons. The van der Waals surface area contributed by atoms with Crippen LogP contribution < -0.4 is 10.1 Å². The fourth-order valence-corrected chi connectivity index (χ4v) is 2.65. The molecule has 110 valence electrons. The van der Waals surface area contributed by atoms with Crippen molar-refractivity contribution in [3.63, 3.8) is 0 Å². The topological polar surface area (TPSA) is 30.5 Å². The van der Waals surface area contributed by atoms with Gasteiger partial charge < -0.3 is 14.8 Å². The predicted octanol–water partition coefficient (Wildman–Crippen LogP) is 3.49. The minimum atomic E-state index is 0.0830. The van der Waals surface area contributed by atoms with Crippen molar-refractivity contribution in [2.45, 2.75) is 19.1 Å². The van der Waals surface area contributed by atoms with Gasteiger partial charge in [-0.1, -0.05) is 42.5 Å². The molecule has 0 aromatic heterocycles. The van der Waals surface area contributed by atoms with Crippen LogP contribution in [0.1, 0.15) is 30.3 Å². The molecule has 3 heteroatoms. The third-order valence-corrected chi connectivity index (χ3v) is 3.72. The first-order chi connectivity index (χ1) is 10.4. The number of benzene rings is 2. The van der Waals surface area contributed by atoms with Gasteiger partial charge in [0.25, 0.3) is 0 Å². The van der Waals surface area contributed by atoms with Crippen LogP contribution in [0.25, 0.3) is 0 Å². The molecule has 0 bridgehead atoms. The lowest BCUT2D eigenvalue weighted by molar-refractivity contribution is -0.0406. The van der Waals surface area contributed by atoms with E-state index in [2.05, 4.69) is 41.7 Å². The Balaban J connectivity index is 1.71. The monoisotopic (exact) mass is 283 g/mol. The summed E-state index contributed by atoms with van der Waals surface area (Å²) in [4.78, 5) is 0. The van der Waals surface area contributed by atoms with Crippen LogP contribution in [0.2, 0.25) is 0 Å². The Morgan fingerprint density at radius 3 is 2.19 bits per heavy atom. The molecule has 0 saturated carbocycles. The first-order valence-corrected chi connectivity index (χ1v) is 7.50. The maximum atomic E-state index is 6.26. The quantitative estimate of drug-likeness (QED) is 0.931. The third-order valence-electron chi connectivity index (χ3n) is 3.72. The van der Waals surface area contributed by atoms with Crippen molar-refractivity contribution in [3.8, 4) is 5.75 Å². The summed E-state index contributed by atoms with van der Waals surface area (Å²) < 4.78 is 11.7. The lowest BCUT2D eigenvalue weighted by Gasteiger charge is -2.31. The Hall–Kier alpha value is -1.84. The minimum Gasteiger partial charge on any atom is -0.494 e. The van der Waals surface area contributed by atoms with Crippen molar-refractivity contribution >= 4 is 0 Å². The molecule has 1 saturated heterocycles. The predicted molar refractivity (Wildman–Crippen MR) is 83.5 cm³/mol. The van der Waals surface area contributed by atoms with Gasteiger partial charge >= 0.3 is 0 Å². The van der Waals surface area contributed by atoms with Gasteiger partial charge in [0.2, 0.25) is 0 Å². The zero-order chi connectivity index (χ0) is 14.5. The van der Waals surface area contributed by atoms with Gasteiger partial charge in [0.15, 0.2) is 0 Å². The lowest BCUT2D eigenvalue weighted by Crippen LogP contribution is -2.35. The van der Waals surface area contributed by atoms with Gasteiger partial charge in [-0.2, -0.15) is 0 Å². The van der Waals surface area contributed by atoms with E-state index in [1.54, 1.807) is 0 Å². The average molecular weight is 283 g/mol. The summed E-state index contributed by atoms with van der Waals surface area (Å²) in [5, 5.41) is 3.47. The van der Waals surface area contributed by atoms with Gasteiger partial charge in [-0.05, 0) is 30.2 Å². The highest BCUT2D eigenvalue weighted by atomic mass is 16.5. The maximum Gasteiger partial charge on any atom is 0.119 e. The number of nitrogens with one attached hydrogen (secondary N) is 1. The molecule has 2 atom stereocenters. The molecule has 2 aromatic carbocycles. The van der Waals surface area contributed by atoms with Gasteiger partial charge in [-0.25, -0.2) is 0 Å². The SMILES string of the molecule is CCOc1ccc(C2CNCC(c3ccccc3)O2)cc1. The Morgan fingerprint density at radius 2 is 1.57 bits per heavy atom. The molecule has 1 aliphatic heterocycles. The van der Waals surface area contributed by atoms with E-state index in [-0.39, 0.29) is 12.2 Å². The highest BCUT2D eigenvalue weighted by molar-refractivity contribution is 5.29. The molecule has 1 N–H and O–H groups in total. The zero-order valence-corrected chi connectivity index (χ0v) is 12.3. The lowest BCUT2D eigenvalue weighted by atomic mass is 10.0. The van der Waals surface area contributed by atoms with Gasteiger partial charge in [0.1, 0.15) is 5.75 Å². The first kappa shape index (κ1) is 14.1. The van der Waals surface area contributed by atoms with Gasteiger partial charge in [0.05, 0.1) is 18.8 Å². The van der Waals surface area contributed by atoms with Crippen LogP contribution in [0.5, 0.6) is 5.75 Å². The van der Waals surface area contributed by atoms with Crippen molar-refractivity contribution in [3.05, 3.63) is 65.7 Å². The second-order valence-electron chi connectivity index (χ2n) is 5.18. The second-order valence-corrected chi connectivity index (χ2v) is 5.18. The Morgan fingerprint density at radius 1 is 0.952 bits per heavy atom. The Labute approximate surface area is 125 Å². The molecule has 1 fully saturated rings. The van der Waals surface area contributed by atoms with Crippen LogP contribution in [0.15, 0.2) is 54.6 Å². The van der Waals surface area contributed by atoms with E-state index in [0.717, 1.165) is 18.8 Å². The fourth-order valence-electron chi connectivity index (χ4n) is 2.65. The first-order valence-electron chi connectivity index (χ1n) is 7.50. The van der Waals surface area contributed by atoms with E-state index in [1.165, 1.54) is 11.1 Å². The molecule has 0 spiro atoms.